The quantitative estimate of drug-likeness (QED) is 0.732. The van der Waals surface area contributed by atoms with E-state index < -0.39 is 0 Å². The SMILES string of the molecule is CCc1cc2c(N3CCN(C(=O)c4ccoc4)CC3)ncnc2s1. The van der Waals surface area contributed by atoms with Crippen molar-refractivity contribution in [3.05, 3.63) is 41.4 Å². The molecule has 0 bridgehead atoms. The topological polar surface area (TPSA) is 62.5 Å². The minimum atomic E-state index is 0.0278. The van der Waals surface area contributed by atoms with Gasteiger partial charge in [0.25, 0.3) is 5.91 Å². The van der Waals surface area contributed by atoms with E-state index in [2.05, 4.69) is 27.9 Å². The first-order chi connectivity index (χ1) is 11.8. The first-order valence-corrected chi connectivity index (χ1v) is 8.87. The zero-order valence-corrected chi connectivity index (χ0v) is 14.3. The summed E-state index contributed by atoms with van der Waals surface area (Å²) in [6, 6.07) is 3.90. The molecule has 7 heteroatoms. The van der Waals surface area contributed by atoms with Gasteiger partial charge in [0.15, 0.2) is 0 Å². The summed E-state index contributed by atoms with van der Waals surface area (Å²) in [7, 11) is 0. The van der Waals surface area contributed by atoms with Crippen molar-refractivity contribution in [2.75, 3.05) is 31.1 Å². The molecule has 1 fully saturated rings. The third kappa shape index (κ3) is 2.65. The summed E-state index contributed by atoms with van der Waals surface area (Å²) < 4.78 is 5.00. The molecule has 0 N–H and O–H groups in total. The lowest BCUT2D eigenvalue weighted by Gasteiger charge is -2.35. The van der Waals surface area contributed by atoms with Gasteiger partial charge in [0.05, 0.1) is 17.2 Å². The Morgan fingerprint density at radius 1 is 1.29 bits per heavy atom. The van der Waals surface area contributed by atoms with Crippen LogP contribution in [0.15, 0.2) is 35.4 Å². The average molecular weight is 342 g/mol. The molecule has 1 aliphatic rings. The van der Waals surface area contributed by atoms with Crippen molar-refractivity contribution < 1.29 is 9.21 Å². The molecule has 6 nitrogen and oxygen atoms in total. The standard InChI is InChI=1S/C17H18N4O2S/c1-2-13-9-14-15(18-11-19-16(14)24-13)20-4-6-21(7-5-20)17(22)12-3-8-23-10-12/h3,8-11H,2,4-7H2,1H3. The highest BCUT2D eigenvalue weighted by Gasteiger charge is 2.24. The third-order valence-electron chi connectivity index (χ3n) is 4.34. The van der Waals surface area contributed by atoms with Gasteiger partial charge in [0, 0.05) is 31.1 Å². The van der Waals surface area contributed by atoms with Crippen molar-refractivity contribution in [2.24, 2.45) is 0 Å². The van der Waals surface area contributed by atoms with E-state index >= 15 is 0 Å². The maximum Gasteiger partial charge on any atom is 0.257 e. The molecule has 4 rings (SSSR count). The van der Waals surface area contributed by atoms with E-state index in [4.69, 9.17) is 4.42 Å². The lowest BCUT2D eigenvalue weighted by atomic mass is 10.2. The number of aryl methyl sites for hydroxylation is 1. The number of amides is 1. The number of hydrogen-bond donors (Lipinski definition) is 0. The number of carbonyl (C=O) groups is 1. The predicted molar refractivity (Wildman–Crippen MR) is 93.6 cm³/mol. The van der Waals surface area contributed by atoms with Gasteiger partial charge >= 0.3 is 0 Å². The molecule has 0 spiro atoms. The number of aromatic nitrogens is 2. The van der Waals surface area contributed by atoms with Gasteiger partial charge in [-0.15, -0.1) is 11.3 Å². The zero-order chi connectivity index (χ0) is 16.5. The van der Waals surface area contributed by atoms with E-state index in [0.29, 0.717) is 18.7 Å². The fourth-order valence-electron chi connectivity index (χ4n) is 3.01. The molecule has 0 aromatic carbocycles. The zero-order valence-electron chi connectivity index (χ0n) is 13.4. The Morgan fingerprint density at radius 3 is 2.83 bits per heavy atom. The Balaban J connectivity index is 1.52. The third-order valence-corrected chi connectivity index (χ3v) is 5.53. The van der Waals surface area contributed by atoms with Crippen LogP contribution in [-0.4, -0.2) is 47.0 Å². The minimum Gasteiger partial charge on any atom is -0.472 e. The molecule has 0 aliphatic carbocycles. The Morgan fingerprint density at radius 2 is 2.12 bits per heavy atom. The van der Waals surface area contributed by atoms with Crippen LogP contribution in [0, 0.1) is 0 Å². The largest absolute Gasteiger partial charge is 0.472 e. The van der Waals surface area contributed by atoms with Gasteiger partial charge in [-0.1, -0.05) is 6.92 Å². The van der Waals surface area contributed by atoms with Crippen LogP contribution in [0.3, 0.4) is 0 Å². The lowest BCUT2D eigenvalue weighted by Crippen LogP contribution is -2.49. The number of fused-ring (bicyclic) bond motifs is 1. The molecule has 3 aromatic heterocycles. The van der Waals surface area contributed by atoms with Crippen molar-refractivity contribution >= 4 is 33.3 Å². The fraction of sp³-hybridized carbons (Fsp3) is 0.353. The highest BCUT2D eigenvalue weighted by Crippen LogP contribution is 2.31. The molecule has 124 valence electrons. The monoisotopic (exact) mass is 342 g/mol. The van der Waals surface area contributed by atoms with E-state index in [-0.39, 0.29) is 5.91 Å². The van der Waals surface area contributed by atoms with E-state index in [1.807, 2.05) is 4.90 Å². The summed E-state index contributed by atoms with van der Waals surface area (Å²) >= 11 is 1.73. The first-order valence-electron chi connectivity index (χ1n) is 8.06. The van der Waals surface area contributed by atoms with Gasteiger partial charge in [0.2, 0.25) is 0 Å². The summed E-state index contributed by atoms with van der Waals surface area (Å²) in [5, 5.41) is 1.12. The summed E-state index contributed by atoms with van der Waals surface area (Å²) in [4.78, 5) is 27.7. The van der Waals surface area contributed by atoms with E-state index in [9.17, 15) is 4.79 Å². The maximum absolute atomic E-state index is 12.4. The number of hydrogen-bond acceptors (Lipinski definition) is 6. The van der Waals surface area contributed by atoms with Crippen molar-refractivity contribution in [3.63, 3.8) is 0 Å². The van der Waals surface area contributed by atoms with Crippen molar-refractivity contribution in [3.8, 4) is 0 Å². The van der Waals surface area contributed by atoms with E-state index in [0.717, 1.165) is 35.5 Å². The number of carbonyl (C=O) groups excluding carboxylic acids is 1. The van der Waals surface area contributed by atoms with E-state index in [1.54, 1.807) is 23.7 Å². The molecule has 1 aliphatic heterocycles. The number of furan rings is 1. The molecular formula is C17H18N4O2S. The van der Waals surface area contributed by atoms with Crippen molar-refractivity contribution in [2.45, 2.75) is 13.3 Å². The number of anilines is 1. The Labute approximate surface area is 143 Å². The molecule has 1 amide bonds. The summed E-state index contributed by atoms with van der Waals surface area (Å²) in [5.41, 5.74) is 0.610. The predicted octanol–water partition coefficient (Wildman–Crippen LogP) is 2.81. The highest BCUT2D eigenvalue weighted by molar-refractivity contribution is 7.18. The summed E-state index contributed by atoms with van der Waals surface area (Å²) in [6.07, 6.45) is 5.67. The number of nitrogens with zero attached hydrogens (tertiary/aromatic N) is 4. The smallest absolute Gasteiger partial charge is 0.257 e. The van der Waals surface area contributed by atoms with Gasteiger partial charge in [-0.3, -0.25) is 4.79 Å². The van der Waals surface area contributed by atoms with Crippen LogP contribution in [0.5, 0.6) is 0 Å². The average Bonchev–Trinajstić information content (AvgIpc) is 3.30. The maximum atomic E-state index is 12.4. The normalized spacial score (nSPS) is 15.2. The highest BCUT2D eigenvalue weighted by atomic mass is 32.1. The van der Waals surface area contributed by atoms with E-state index in [1.165, 1.54) is 17.4 Å². The second-order valence-corrected chi connectivity index (χ2v) is 6.89. The first kappa shape index (κ1) is 15.1. The Bertz CT molecular complexity index is 851. The Kier molecular flexibility index (Phi) is 3.93. The fourth-order valence-corrected chi connectivity index (χ4v) is 3.94. The van der Waals surface area contributed by atoms with Crippen LogP contribution in [0.4, 0.5) is 5.82 Å². The van der Waals surface area contributed by atoms with Gasteiger partial charge in [-0.2, -0.15) is 0 Å². The minimum absolute atomic E-state index is 0.0278. The Hall–Kier alpha value is -2.41. The summed E-state index contributed by atoms with van der Waals surface area (Å²) in [6.45, 7) is 5.05. The molecule has 3 aromatic rings. The van der Waals surface area contributed by atoms with Crippen LogP contribution >= 0.6 is 11.3 Å². The molecule has 1 saturated heterocycles. The lowest BCUT2D eigenvalue weighted by molar-refractivity contribution is 0.0746. The van der Waals surface area contributed by atoms with Crippen LogP contribution in [-0.2, 0) is 6.42 Å². The summed E-state index contributed by atoms with van der Waals surface area (Å²) in [5.74, 6) is 1.01. The van der Waals surface area contributed by atoms with Crippen LogP contribution in [0.1, 0.15) is 22.2 Å². The number of thiophene rings is 1. The molecule has 0 unspecified atom stereocenters. The second-order valence-electron chi connectivity index (χ2n) is 5.77. The number of piperazine rings is 1. The van der Waals surface area contributed by atoms with Crippen LogP contribution < -0.4 is 4.90 Å². The van der Waals surface area contributed by atoms with Gasteiger partial charge < -0.3 is 14.2 Å². The van der Waals surface area contributed by atoms with Gasteiger partial charge in [0.1, 0.15) is 23.2 Å². The molecule has 0 atom stereocenters. The van der Waals surface area contributed by atoms with Gasteiger partial charge in [-0.25, -0.2) is 9.97 Å². The molecule has 0 radical (unpaired) electrons. The molecule has 0 saturated carbocycles. The molecular weight excluding hydrogens is 324 g/mol. The van der Waals surface area contributed by atoms with Gasteiger partial charge in [-0.05, 0) is 18.6 Å². The number of rotatable bonds is 3. The molecule has 4 heterocycles. The van der Waals surface area contributed by atoms with Crippen molar-refractivity contribution in [1.29, 1.82) is 0 Å². The molecule has 24 heavy (non-hydrogen) atoms. The van der Waals surface area contributed by atoms with Crippen molar-refractivity contribution in [1.82, 2.24) is 14.9 Å². The second kappa shape index (κ2) is 6.24. The van der Waals surface area contributed by atoms with Crippen LogP contribution in [0.2, 0.25) is 0 Å². The van der Waals surface area contributed by atoms with Crippen LogP contribution in [0.25, 0.3) is 10.2 Å².